The van der Waals surface area contributed by atoms with Gasteiger partial charge in [-0.25, -0.2) is 14.6 Å². The minimum Gasteiger partial charge on any atom is -0.464 e. The molecule has 9 nitrogen and oxygen atoms in total. The second-order valence-electron chi connectivity index (χ2n) is 6.75. The average Bonchev–Trinajstić information content (AvgIpc) is 2.64. The molecule has 0 fully saturated rings. The first-order valence-electron chi connectivity index (χ1n) is 9.11. The van der Waals surface area contributed by atoms with E-state index in [9.17, 15) is 19.2 Å². The van der Waals surface area contributed by atoms with E-state index in [1.54, 1.807) is 34.7 Å². The van der Waals surface area contributed by atoms with Crippen LogP contribution in [0.1, 0.15) is 37.1 Å². The van der Waals surface area contributed by atoms with Gasteiger partial charge in [0.25, 0.3) is 5.56 Å². The Hall–Kier alpha value is -2.97. The number of amides is 1. The van der Waals surface area contributed by atoms with Crippen LogP contribution >= 0.6 is 0 Å². The number of rotatable bonds is 6. The molecule has 1 N–H and O–H groups in total. The van der Waals surface area contributed by atoms with Crippen LogP contribution < -0.4 is 16.6 Å². The molecular weight excluding hydrogens is 364 g/mol. The van der Waals surface area contributed by atoms with Crippen molar-refractivity contribution in [2.24, 2.45) is 14.1 Å². The van der Waals surface area contributed by atoms with Crippen LogP contribution in [0, 0.1) is 13.8 Å². The van der Waals surface area contributed by atoms with Gasteiger partial charge in [-0.05, 0) is 45.2 Å². The Labute approximate surface area is 162 Å². The van der Waals surface area contributed by atoms with Crippen molar-refractivity contribution in [1.82, 2.24) is 19.4 Å². The highest BCUT2D eigenvalue weighted by Crippen LogP contribution is 2.20. The highest BCUT2D eigenvalue weighted by Gasteiger charge is 2.19. The lowest BCUT2D eigenvalue weighted by molar-refractivity contribution is -0.146. The van der Waals surface area contributed by atoms with Crippen molar-refractivity contribution in [3.8, 4) is 0 Å². The van der Waals surface area contributed by atoms with Crippen LogP contribution in [0.2, 0.25) is 0 Å². The van der Waals surface area contributed by atoms with Crippen LogP contribution in [0.25, 0.3) is 11.0 Å². The molecule has 152 valence electrons. The minimum atomic E-state index is -0.730. The lowest BCUT2D eigenvalue weighted by Gasteiger charge is -2.16. The summed E-state index contributed by atoms with van der Waals surface area (Å²) in [5.74, 6) is -0.784. The number of pyridine rings is 1. The van der Waals surface area contributed by atoms with E-state index in [0.29, 0.717) is 28.7 Å². The molecule has 0 aliphatic heterocycles. The summed E-state index contributed by atoms with van der Waals surface area (Å²) in [6.07, 6.45) is 0.485. The van der Waals surface area contributed by atoms with E-state index in [-0.39, 0.29) is 18.9 Å². The summed E-state index contributed by atoms with van der Waals surface area (Å²) >= 11 is 0. The Balaban J connectivity index is 2.31. The summed E-state index contributed by atoms with van der Waals surface area (Å²) in [5.41, 5.74) is 1.60. The van der Waals surface area contributed by atoms with Crippen LogP contribution in [-0.2, 0) is 34.8 Å². The molecule has 0 saturated carbocycles. The van der Waals surface area contributed by atoms with Crippen molar-refractivity contribution >= 4 is 22.9 Å². The summed E-state index contributed by atoms with van der Waals surface area (Å²) in [6, 6.07) is -0.730. The number of fused-ring (bicyclic) bond motifs is 1. The zero-order chi connectivity index (χ0) is 21.2. The van der Waals surface area contributed by atoms with E-state index in [0.717, 1.165) is 10.1 Å². The van der Waals surface area contributed by atoms with E-state index < -0.39 is 23.3 Å². The summed E-state index contributed by atoms with van der Waals surface area (Å²) in [7, 11) is 2.99. The van der Waals surface area contributed by atoms with Crippen LogP contribution in [0.5, 0.6) is 0 Å². The number of nitrogens with one attached hydrogen (secondary N) is 1. The molecule has 2 aromatic rings. The Bertz CT molecular complexity index is 1050. The van der Waals surface area contributed by atoms with Crippen molar-refractivity contribution in [3.05, 3.63) is 37.7 Å². The van der Waals surface area contributed by atoms with Gasteiger partial charge >= 0.3 is 11.7 Å². The number of esters is 1. The average molecular weight is 390 g/mol. The van der Waals surface area contributed by atoms with Crippen LogP contribution in [-0.4, -0.2) is 38.6 Å². The van der Waals surface area contributed by atoms with Crippen molar-refractivity contribution in [2.45, 2.75) is 46.6 Å². The monoisotopic (exact) mass is 390 g/mol. The molecule has 0 aliphatic carbocycles. The largest absolute Gasteiger partial charge is 0.464 e. The first kappa shape index (κ1) is 21.3. The summed E-state index contributed by atoms with van der Waals surface area (Å²) < 4.78 is 7.26. The maximum absolute atomic E-state index is 12.6. The van der Waals surface area contributed by atoms with Gasteiger partial charge < -0.3 is 10.1 Å². The van der Waals surface area contributed by atoms with Gasteiger partial charge in [0.1, 0.15) is 11.7 Å². The van der Waals surface area contributed by atoms with Gasteiger partial charge in [-0.2, -0.15) is 0 Å². The Morgan fingerprint density at radius 1 is 1.18 bits per heavy atom. The molecule has 9 heteroatoms. The fourth-order valence-corrected chi connectivity index (χ4v) is 3.19. The minimum absolute atomic E-state index is 0.130. The molecule has 1 amide bonds. The van der Waals surface area contributed by atoms with Crippen molar-refractivity contribution in [3.63, 3.8) is 0 Å². The molecule has 0 unspecified atom stereocenters. The van der Waals surface area contributed by atoms with Gasteiger partial charge in [0.05, 0.1) is 12.0 Å². The lowest BCUT2D eigenvalue weighted by Crippen LogP contribution is -2.39. The second kappa shape index (κ2) is 8.37. The quantitative estimate of drug-likeness (QED) is 0.708. The third-order valence-corrected chi connectivity index (χ3v) is 4.79. The topological polar surface area (TPSA) is 112 Å². The zero-order valence-electron chi connectivity index (χ0n) is 17.1. The normalized spacial score (nSPS) is 12.1. The van der Waals surface area contributed by atoms with Gasteiger partial charge in [-0.15, -0.1) is 0 Å². The second-order valence-corrected chi connectivity index (χ2v) is 6.75. The van der Waals surface area contributed by atoms with Gasteiger partial charge in [0.2, 0.25) is 5.91 Å². The molecule has 1 atom stereocenters. The molecule has 0 aromatic carbocycles. The first-order valence-corrected chi connectivity index (χ1v) is 9.11. The standard InChI is InChI=1S/C19H26N4O5/c1-7-28-18(26)12(4)20-14(24)9-8-13-10(2)15-16(21-11(13)3)22(5)19(27)23(6)17(15)25/h12H,7-9H2,1-6H3,(H,20,24)/t12-/m0/s1. The smallest absolute Gasteiger partial charge is 0.332 e. The molecule has 0 radical (unpaired) electrons. The van der Waals surface area contributed by atoms with E-state index in [1.807, 2.05) is 0 Å². The lowest BCUT2D eigenvalue weighted by atomic mass is 9.99. The fraction of sp³-hybridized carbons (Fsp3) is 0.526. The van der Waals surface area contributed by atoms with Crippen molar-refractivity contribution in [2.75, 3.05) is 6.61 Å². The van der Waals surface area contributed by atoms with E-state index in [1.165, 1.54) is 11.6 Å². The maximum Gasteiger partial charge on any atom is 0.332 e. The summed E-state index contributed by atoms with van der Waals surface area (Å²) in [4.78, 5) is 53.0. The Morgan fingerprint density at radius 3 is 2.43 bits per heavy atom. The number of ether oxygens (including phenoxy) is 1. The molecule has 2 heterocycles. The third kappa shape index (κ3) is 3.97. The highest BCUT2D eigenvalue weighted by atomic mass is 16.5. The van der Waals surface area contributed by atoms with Crippen molar-refractivity contribution in [1.29, 1.82) is 0 Å². The van der Waals surface area contributed by atoms with Gasteiger partial charge in [0, 0.05) is 26.2 Å². The van der Waals surface area contributed by atoms with Gasteiger partial charge in [-0.3, -0.25) is 18.7 Å². The molecule has 0 saturated heterocycles. The molecule has 0 spiro atoms. The zero-order valence-corrected chi connectivity index (χ0v) is 17.1. The molecule has 2 aromatic heterocycles. The fourth-order valence-electron chi connectivity index (χ4n) is 3.19. The Morgan fingerprint density at radius 2 is 1.82 bits per heavy atom. The molecule has 0 bridgehead atoms. The number of hydrogen-bond donors (Lipinski definition) is 1. The molecular formula is C19H26N4O5. The summed E-state index contributed by atoms with van der Waals surface area (Å²) in [6.45, 7) is 7.08. The van der Waals surface area contributed by atoms with E-state index >= 15 is 0 Å². The van der Waals surface area contributed by atoms with Crippen molar-refractivity contribution < 1.29 is 14.3 Å². The van der Waals surface area contributed by atoms with Crippen LogP contribution in [0.15, 0.2) is 9.59 Å². The van der Waals surface area contributed by atoms with Gasteiger partial charge in [0.15, 0.2) is 0 Å². The number of aromatic nitrogens is 3. The predicted octanol–water partition coefficient (Wildman–Crippen LogP) is 0.249. The predicted molar refractivity (Wildman–Crippen MR) is 104 cm³/mol. The number of carbonyl (C=O) groups excluding carboxylic acids is 2. The van der Waals surface area contributed by atoms with Gasteiger partial charge in [-0.1, -0.05) is 0 Å². The molecule has 28 heavy (non-hydrogen) atoms. The number of aryl methyl sites for hydroxylation is 3. The number of nitrogens with zero attached hydrogens (tertiary/aromatic N) is 3. The SMILES string of the molecule is CCOC(=O)[C@H](C)NC(=O)CCc1c(C)nc2c(c1C)c(=O)n(C)c(=O)n2C. The first-order chi connectivity index (χ1) is 13.1. The summed E-state index contributed by atoms with van der Waals surface area (Å²) in [5, 5.41) is 2.97. The number of hydrogen-bond acceptors (Lipinski definition) is 6. The molecule has 2 rings (SSSR count). The van der Waals surface area contributed by atoms with Crippen LogP contribution in [0.4, 0.5) is 0 Å². The molecule has 0 aliphatic rings. The number of carbonyl (C=O) groups is 2. The van der Waals surface area contributed by atoms with Crippen LogP contribution in [0.3, 0.4) is 0 Å². The Kier molecular flexibility index (Phi) is 6.37. The third-order valence-electron chi connectivity index (χ3n) is 4.79. The van der Waals surface area contributed by atoms with E-state index in [2.05, 4.69) is 10.3 Å². The highest BCUT2D eigenvalue weighted by molar-refractivity contribution is 5.84. The van der Waals surface area contributed by atoms with E-state index in [4.69, 9.17) is 4.74 Å². The maximum atomic E-state index is 12.6.